The van der Waals surface area contributed by atoms with Crippen LogP contribution in [0, 0.1) is 0 Å². The highest BCUT2D eigenvalue weighted by molar-refractivity contribution is 5.60. The zero-order valence-electron chi connectivity index (χ0n) is 10.7. The molecule has 2 rings (SSSR count). The second-order valence-corrected chi connectivity index (χ2v) is 4.20. The molecule has 3 heteroatoms. The fourth-order valence-electron chi connectivity index (χ4n) is 1.93. The maximum absolute atomic E-state index is 9.63. The molecule has 94 valence electrons. The van der Waals surface area contributed by atoms with Crippen LogP contribution in [0.2, 0.25) is 0 Å². The average molecular weight is 242 g/mol. The Labute approximate surface area is 108 Å². The molecule has 1 heterocycles. The van der Waals surface area contributed by atoms with Crippen LogP contribution in [-0.2, 0) is 0 Å². The molecule has 2 aromatic rings. The molecule has 1 atom stereocenters. The van der Waals surface area contributed by atoms with Crippen molar-refractivity contribution in [3.05, 3.63) is 54.2 Å². The number of hydrogen-bond donors (Lipinski definition) is 1. The van der Waals surface area contributed by atoms with E-state index in [0.29, 0.717) is 0 Å². The van der Waals surface area contributed by atoms with Gasteiger partial charge >= 0.3 is 0 Å². The third-order valence-corrected chi connectivity index (χ3v) is 2.91. The van der Waals surface area contributed by atoms with Gasteiger partial charge < -0.3 is 10.0 Å². The number of nitrogens with zero attached hydrogens (tertiary/aromatic N) is 2. The van der Waals surface area contributed by atoms with Crippen molar-refractivity contribution in [1.82, 2.24) is 4.98 Å². The van der Waals surface area contributed by atoms with Crippen LogP contribution in [0.1, 0.15) is 25.5 Å². The molecule has 0 aliphatic carbocycles. The lowest BCUT2D eigenvalue weighted by molar-refractivity contribution is 0.199. The minimum absolute atomic E-state index is 0.471. The Hall–Kier alpha value is -1.87. The Bertz CT molecular complexity index is 497. The number of aliphatic hydroxyl groups excluding tert-OH is 1. The molecule has 0 spiro atoms. The van der Waals surface area contributed by atoms with Gasteiger partial charge in [-0.25, -0.2) is 4.98 Å². The minimum atomic E-state index is -0.471. The van der Waals surface area contributed by atoms with Gasteiger partial charge in [-0.15, -0.1) is 0 Å². The average Bonchev–Trinajstić information content (AvgIpc) is 2.41. The molecule has 0 aliphatic rings. The molecule has 3 nitrogen and oxygen atoms in total. The number of pyridine rings is 1. The van der Waals surface area contributed by atoms with Gasteiger partial charge in [-0.1, -0.05) is 18.2 Å². The van der Waals surface area contributed by atoms with Crippen molar-refractivity contribution < 1.29 is 5.11 Å². The number of rotatable bonds is 4. The van der Waals surface area contributed by atoms with Crippen LogP contribution in [-0.4, -0.2) is 16.6 Å². The van der Waals surface area contributed by atoms with Gasteiger partial charge in [-0.3, -0.25) is 0 Å². The monoisotopic (exact) mass is 242 g/mol. The Morgan fingerprint density at radius 1 is 1.22 bits per heavy atom. The summed E-state index contributed by atoms with van der Waals surface area (Å²) in [5.74, 6) is 0.863. The van der Waals surface area contributed by atoms with E-state index in [1.807, 2.05) is 30.3 Å². The first kappa shape index (κ1) is 12.6. The number of benzene rings is 1. The van der Waals surface area contributed by atoms with E-state index in [1.165, 1.54) is 0 Å². The van der Waals surface area contributed by atoms with Crippen LogP contribution in [0.15, 0.2) is 48.7 Å². The summed E-state index contributed by atoms with van der Waals surface area (Å²) in [7, 11) is 0. The third-order valence-electron chi connectivity index (χ3n) is 2.91. The van der Waals surface area contributed by atoms with Crippen LogP contribution < -0.4 is 4.90 Å². The van der Waals surface area contributed by atoms with Gasteiger partial charge in [0.1, 0.15) is 5.82 Å². The maximum Gasteiger partial charge on any atom is 0.133 e. The van der Waals surface area contributed by atoms with Crippen molar-refractivity contribution in [3.8, 4) is 0 Å². The SMILES string of the molecule is CCN(c1ccccc1)c1cc(C(C)O)ccn1. The Kier molecular flexibility index (Phi) is 3.95. The van der Waals surface area contributed by atoms with Gasteiger partial charge in [0.25, 0.3) is 0 Å². The van der Waals surface area contributed by atoms with Crippen molar-refractivity contribution in [3.63, 3.8) is 0 Å². The zero-order valence-corrected chi connectivity index (χ0v) is 10.7. The number of hydrogen-bond acceptors (Lipinski definition) is 3. The molecule has 0 amide bonds. The second-order valence-electron chi connectivity index (χ2n) is 4.20. The number of aliphatic hydroxyl groups is 1. The van der Waals surface area contributed by atoms with Gasteiger partial charge in [0.15, 0.2) is 0 Å². The standard InChI is InChI=1S/C15H18N2O/c1-3-17(14-7-5-4-6-8-14)15-11-13(12(2)18)9-10-16-15/h4-12,18H,3H2,1-2H3. The summed E-state index contributed by atoms with van der Waals surface area (Å²) >= 11 is 0. The number of para-hydroxylation sites is 1. The summed E-state index contributed by atoms with van der Waals surface area (Å²) in [5.41, 5.74) is 1.99. The highest BCUT2D eigenvalue weighted by Crippen LogP contribution is 2.25. The predicted octanol–water partition coefficient (Wildman–Crippen LogP) is 3.29. The van der Waals surface area contributed by atoms with Gasteiger partial charge in [0.05, 0.1) is 6.10 Å². The van der Waals surface area contributed by atoms with Gasteiger partial charge in [0, 0.05) is 18.4 Å². The smallest absolute Gasteiger partial charge is 0.133 e. The third kappa shape index (κ3) is 2.68. The largest absolute Gasteiger partial charge is 0.389 e. The Balaban J connectivity index is 2.36. The van der Waals surface area contributed by atoms with E-state index in [9.17, 15) is 5.11 Å². The molecular weight excluding hydrogens is 224 g/mol. The summed E-state index contributed by atoms with van der Waals surface area (Å²) in [4.78, 5) is 6.50. The summed E-state index contributed by atoms with van der Waals surface area (Å²) in [6.07, 6.45) is 1.27. The molecule has 0 bridgehead atoms. The fraction of sp³-hybridized carbons (Fsp3) is 0.267. The van der Waals surface area contributed by atoms with Crippen molar-refractivity contribution in [2.24, 2.45) is 0 Å². The van der Waals surface area contributed by atoms with E-state index in [0.717, 1.165) is 23.6 Å². The number of anilines is 2. The lowest BCUT2D eigenvalue weighted by Gasteiger charge is -2.22. The number of aromatic nitrogens is 1. The van der Waals surface area contributed by atoms with Gasteiger partial charge in [-0.05, 0) is 43.7 Å². The summed E-state index contributed by atoms with van der Waals surface area (Å²) < 4.78 is 0. The van der Waals surface area contributed by atoms with Crippen LogP contribution in [0.3, 0.4) is 0 Å². The molecule has 1 unspecified atom stereocenters. The topological polar surface area (TPSA) is 36.4 Å². The van der Waals surface area contributed by atoms with E-state index in [1.54, 1.807) is 13.1 Å². The van der Waals surface area contributed by atoms with Gasteiger partial charge in [0.2, 0.25) is 0 Å². The molecule has 1 aromatic carbocycles. The van der Waals surface area contributed by atoms with Crippen LogP contribution in [0.4, 0.5) is 11.5 Å². The molecule has 18 heavy (non-hydrogen) atoms. The van der Waals surface area contributed by atoms with Crippen molar-refractivity contribution in [1.29, 1.82) is 0 Å². The quantitative estimate of drug-likeness (QED) is 0.893. The highest BCUT2D eigenvalue weighted by atomic mass is 16.3. The van der Waals surface area contributed by atoms with E-state index in [-0.39, 0.29) is 0 Å². The zero-order chi connectivity index (χ0) is 13.0. The van der Waals surface area contributed by atoms with Crippen LogP contribution >= 0.6 is 0 Å². The van der Waals surface area contributed by atoms with E-state index in [2.05, 4.69) is 28.9 Å². The molecule has 0 aliphatic heterocycles. The first-order chi connectivity index (χ1) is 8.72. The molecule has 1 aromatic heterocycles. The van der Waals surface area contributed by atoms with Crippen molar-refractivity contribution in [2.75, 3.05) is 11.4 Å². The van der Waals surface area contributed by atoms with Gasteiger partial charge in [-0.2, -0.15) is 0 Å². The summed E-state index contributed by atoms with van der Waals surface area (Å²) in [6.45, 7) is 4.68. The Morgan fingerprint density at radius 3 is 2.56 bits per heavy atom. The first-order valence-electron chi connectivity index (χ1n) is 6.19. The van der Waals surface area contributed by atoms with Crippen LogP contribution in [0.5, 0.6) is 0 Å². The molecule has 0 saturated heterocycles. The maximum atomic E-state index is 9.63. The lowest BCUT2D eigenvalue weighted by Crippen LogP contribution is -2.17. The molecule has 0 fully saturated rings. The van der Waals surface area contributed by atoms with E-state index in [4.69, 9.17) is 0 Å². The predicted molar refractivity (Wildman–Crippen MR) is 74.0 cm³/mol. The molecule has 0 saturated carbocycles. The second kappa shape index (κ2) is 5.65. The molecule has 1 N–H and O–H groups in total. The minimum Gasteiger partial charge on any atom is -0.389 e. The van der Waals surface area contributed by atoms with E-state index < -0.39 is 6.10 Å². The van der Waals surface area contributed by atoms with Crippen molar-refractivity contribution >= 4 is 11.5 Å². The summed E-state index contributed by atoms with van der Waals surface area (Å²) in [6, 6.07) is 13.9. The lowest BCUT2D eigenvalue weighted by atomic mass is 10.1. The molecule has 0 radical (unpaired) electrons. The van der Waals surface area contributed by atoms with Crippen LogP contribution in [0.25, 0.3) is 0 Å². The first-order valence-corrected chi connectivity index (χ1v) is 6.19. The highest BCUT2D eigenvalue weighted by Gasteiger charge is 2.10. The van der Waals surface area contributed by atoms with Crippen molar-refractivity contribution in [2.45, 2.75) is 20.0 Å². The normalized spacial score (nSPS) is 12.2. The molecular formula is C15H18N2O. The summed E-state index contributed by atoms with van der Waals surface area (Å²) in [5, 5.41) is 9.63. The fourth-order valence-corrected chi connectivity index (χ4v) is 1.93. The van der Waals surface area contributed by atoms with E-state index >= 15 is 0 Å². The Morgan fingerprint density at radius 2 is 1.94 bits per heavy atom.